The van der Waals surface area contributed by atoms with Crippen LogP contribution in [-0.2, 0) is 0 Å². The third-order valence-corrected chi connectivity index (χ3v) is 3.86. The Labute approximate surface area is 130 Å². The molecule has 0 spiro atoms. The number of hydrogen-bond donors (Lipinski definition) is 1. The van der Waals surface area contributed by atoms with E-state index in [0.717, 1.165) is 35.5 Å². The van der Waals surface area contributed by atoms with Gasteiger partial charge in [0.05, 0.1) is 0 Å². The van der Waals surface area contributed by atoms with Crippen molar-refractivity contribution in [3.8, 4) is 0 Å². The standard InChI is InChI=1S/C17H20N5/c1-21(9-10-22(2)17-5-3-4-8-19-17)14-7-6-13-11-16(18)20-15(13)12-14/h3-8,11-12,18,20H,9-10H2,1-2H3. The number of aromatic amines is 1. The number of aromatic nitrogens is 2. The lowest BCUT2D eigenvalue weighted by Gasteiger charge is -2.24. The van der Waals surface area contributed by atoms with Crippen LogP contribution in [0.15, 0.2) is 48.7 Å². The molecule has 2 aromatic heterocycles. The lowest BCUT2D eigenvalue weighted by Crippen LogP contribution is -2.31. The zero-order valence-corrected chi connectivity index (χ0v) is 12.9. The molecule has 1 radical (unpaired) electrons. The van der Waals surface area contributed by atoms with E-state index < -0.39 is 0 Å². The number of pyridine rings is 1. The Morgan fingerprint density at radius 1 is 1.05 bits per heavy atom. The minimum Gasteiger partial charge on any atom is -0.373 e. The predicted molar refractivity (Wildman–Crippen MR) is 91.8 cm³/mol. The number of anilines is 2. The van der Waals surface area contributed by atoms with Gasteiger partial charge < -0.3 is 14.8 Å². The van der Waals surface area contributed by atoms with Crippen LogP contribution in [0, 0.1) is 0 Å². The van der Waals surface area contributed by atoms with E-state index in [-0.39, 0.29) is 0 Å². The van der Waals surface area contributed by atoms with Crippen LogP contribution in [0.2, 0.25) is 0 Å². The zero-order valence-electron chi connectivity index (χ0n) is 12.9. The summed E-state index contributed by atoms with van der Waals surface area (Å²) in [6.07, 6.45) is 1.81. The van der Waals surface area contributed by atoms with Gasteiger partial charge in [-0.15, -0.1) is 0 Å². The molecule has 0 amide bonds. The van der Waals surface area contributed by atoms with Crippen LogP contribution < -0.4 is 15.5 Å². The smallest absolute Gasteiger partial charge is 0.128 e. The number of H-pyrrole nitrogens is 1. The normalized spacial score (nSPS) is 10.8. The molecule has 2 heterocycles. The number of nitrogens with zero attached hydrogens (tertiary/aromatic N) is 3. The van der Waals surface area contributed by atoms with Gasteiger partial charge in [-0.25, -0.2) is 4.98 Å². The summed E-state index contributed by atoms with van der Waals surface area (Å²) in [5.41, 5.74) is 9.80. The van der Waals surface area contributed by atoms with Crippen molar-refractivity contribution in [2.24, 2.45) is 0 Å². The first-order valence-corrected chi connectivity index (χ1v) is 7.31. The molecule has 0 unspecified atom stereocenters. The van der Waals surface area contributed by atoms with Crippen molar-refractivity contribution in [2.75, 3.05) is 37.0 Å². The van der Waals surface area contributed by atoms with Gasteiger partial charge in [0.1, 0.15) is 11.6 Å². The molecule has 3 rings (SSSR count). The van der Waals surface area contributed by atoms with E-state index in [1.165, 1.54) is 0 Å². The molecule has 0 atom stereocenters. The van der Waals surface area contributed by atoms with Crippen molar-refractivity contribution >= 4 is 28.2 Å². The van der Waals surface area contributed by atoms with Gasteiger partial charge in [0.15, 0.2) is 0 Å². The Kier molecular flexibility index (Phi) is 3.87. The van der Waals surface area contributed by atoms with Crippen LogP contribution in [0.3, 0.4) is 0 Å². The lowest BCUT2D eigenvalue weighted by molar-refractivity contribution is 0.823. The van der Waals surface area contributed by atoms with E-state index in [1.54, 1.807) is 0 Å². The monoisotopic (exact) mass is 294 g/mol. The number of benzene rings is 1. The molecule has 3 aromatic rings. The summed E-state index contributed by atoms with van der Waals surface area (Å²) in [7, 11) is 4.13. The van der Waals surface area contributed by atoms with Gasteiger partial charge in [-0.3, -0.25) is 5.73 Å². The van der Waals surface area contributed by atoms with Gasteiger partial charge >= 0.3 is 0 Å². The van der Waals surface area contributed by atoms with E-state index in [2.05, 4.69) is 52.1 Å². The van der Waals surface area contributed by atoms with E-state index in [1.807, 2.05) is 30.5 Å². The summed E-state index contributed by atoms with van der Waals surface area (Å²) in [5.74, 6) is 1.43. The number of fused-ring (bicyclic) bond motifs is 1. The van der Waals surface area contributed by atoms with Gasteiger partial charge in [-0.05, 0) is 30.3 Å². The average molecular weight is 294 g/mol. The molecule has 0 aliphatic rings. The fourth-order valence-corrected chi connectivity index (χ4v) is 2.48. The van der Waals surface area contributed by atoms with Crippen molar-refractivity contribution in [3.63, 3.8) is 0 Å². The highest BCUT2D eigenvalue weighted by molar-refractivity contribution is 5.86. The number of nitrogens with one attached hydrogen (secondary N) is 2. The zero-order chi connectivity index (χ0) is 15.5. The molecular weight excluding hydrogens is 274 g/mol. The second-order valence-electron chi connectivity index (χ2n) is 5.49. The van der Waals surface area contributed by atoms with Crippen molar-refractivity contribution in [1.29, 1.82) is 0 Å². The SMILES string of the molecule is CN(CCN(C)c1ccccn1)c1ccc2cc([NH])[nH]c2c1. The molecule has 1 aromatic carbocycles. The second-order valence-corrected chi connectivity index (χ2v) is 5.49. The molecule has 0 aliphatic carbocycles. The van der Waals surface area contributed by atoms with Crippen molar-refractivity contribution in [1.82, 2.24) is 15.7 Å². The topological polar surface area (TPSA) is 59.0 Å². The molecule has 2 N–H and O–H groups in total. The summed E-state index contributed by atoms with van der Waals surface area (Å²) < 4.78 is 0. The minimum atomic E-state index is 0.449. The fourth-order valence-electron chi connectivity index (χ4n) is 2.48. The minimum absolute atomic E-state index is 0.449. The van der Waals surface area contributed by atoms with Gasteiger partial charge in [0.25, 0.3) is 0 Å². The third-order valence-electron chi connectivity index (χ3n) is 3.86. The summed E-state index contributed by atoms with van der Waals surface area (Å²) in [6.45, 7) is 1.78. The second kappa shape index (κ2) is 5.97. The molecule has 22 heavy (non-hydrogen) atoms. The van der Waals surface area contributed by atoms with Gasteiger partial charge in [-0.2, -0.15) is 0 Å². The largest absolute Gasteiger partial charge is 0.373 e. The quantitative estimate of drug-likeness (QED) is 0.787. The Balaban J connectivity index is 1.66. The molecular formula is C17H20N5. The van der Waals surface area contributed by atoms with Crippen LogP contribution in [0.1, 0.15) is 0 Å². The van der Waals surface area contributed by atoms with Crippen molar-refractivity contribution in [3.05, 3.63) is 48.7 Å². The van der Waals surface area contributed by atoms with Crippen LogP contribution in [0.25, 0.3) is 10.9 Å². The maximum Gasteiger partial charge on any atom is 0.128 e. The molecule has 5 heteroatoms. The van der Waals surface area contributed by atoms with Gasteiger partial charge in [0.2, 0.25) is 0 Å². The lowest BCUT2D eigenvalue weighted by atomic mass is 10.2. The number of likely N-dealkylation sites (N-methyl/N-ethyl adjacent to an activating group) is 2. The maximum atomic E-state index is 7.65. The predicted octanol–water partition coefficient (Wildman–Crippen LogP) is 3.05. The average Bonchev–Trinajstić information content (AvgIpc) is 2.92. The van der Waals surface area contributed by atoms with Crippen LogP contribution in [0.5, 0.6) is 0 Å². The first-order chi connectivity index (χ1) is 10.6. The highest BCUT2D eigenvalue weighted by atomic mass is 15.2. The van der Waals surface area contributed by atoms with Crippen LogP contribution >= 0.6 is 0 Å². The fraction of sp³-hybridized carbons (Fsp3) is 0.235. The molecule has 5 nitrogen and oxygen atoms in total. The summed E-state index contributed by atoms with van der Waals surface area (Å²) in [6, 6.07) is 14.0. The van der Waals surface area contributed by atoms with E-state index >= 15 is 0 Å². The van der Waals surface area contributed by atoms with E-state index in [0.29, 0.717) is 5.82 Å². The highest BCUT2D eigenvalue weighted by Gasteiger charge is 2.07. The van der Waals surface area contributed by atoms with Crippen molar-refractivity contribution in [2.45, 2.75) is 0 Å². The van der Waals surface area contributed by atoms with E-state index in [9.17, 15) is 0 Å². The third kappa shape index (κ3) is 2.98. The summed E-state index contributed by atoms with van der Waals surface area (Å²) in [4.78, 5) is 11.8. The molecule has 0 saturated carbocycles. The molecule has 0 bridgehead atoms. The van der Waals surface area contributed by atoms with Gasteiger partial charge in [0, 0.05) is 50.0 Å². The summed E-state index contributed by atoms with van der Waals surface area (Å²) >= 11 is 0. The first-order valence-electron chi connectivity index (χ1n) is 7.31. The molecule has 0 fully saturated rings. The highest BCUT2D eigenvalue weighted by Crippen LogP contribution is 2.23. The Morgan fingerprint density at radius 2 is 1.86 bits per heavy atom. The molecule has 0 saturated heterocycles. The number of hydrogen-bond acceptors (Lipinski definition) is 3. The molecule has 0 aliphatic heterocycles. The van der Waals surface area contributed by atoms with E-state index in [4.69, 9.17) is 5.73 Å². The van der Waals surface area contributed by atoms with Gasteiger partial charge in [-0.1, -0.05) is 12.1 Å². The number of rotatable bonds is 5. The Hall–Kier alpha value is -2.69. The summed E-state index contributed by atoms with van der Waals surface area (Å²) in [5, 5.41) is 1.08. The Bertz CT molecular complexity index is 750. The van der Waals surface area contributed by atoms with Crippen LogP contribution in [-0.4, -0.2) is 37.2 Å². The van der Waals surface area contributed by atoms with Crippen molar-refractivity contribution < 1.29 is 0 Å². The molecule has 113 valence electrons. The first kappa shape index (κ1) is 14.3. The van der Waals surface area contributed by atoms with Crippen LogP contribution in [0.4, 0.5) is 17.3 Å². The Morgan fingerprint density at radius 3 is 2.64 bits per heavy atom. The maximum absolute atomic E-state index is 7.65.